The van der Waals surface area contributed by atoms with Crippen molar-refractivity contribution in [1.29, 1.82) is 0 Å². The summed E-state index contributed by atoms with van der Waals surface area (Å²) in [5.74, 6) is 0.383. The summed E-state index contributed by atoms with van der Waals surface area (Å²) in [7, 11) is 0. The minimum absolute atomic E-state index is 0.0814. The Morgan fingerprint density at radius 2 is 1.69 bits per heavy atom. The highest BCUT2D eigenvalue weighted by Crippen LogP contribution is 2.31. The maximum atomic E-state index is 11.6. The van der Waals surface area contributed by atoms with Crippen molar-refractivity contribution in [3.8, 4) is 11.3 Å². The average Bonchev–Trinajstić information content (AvgIpc) is 3.01. The van der Waals surface area contributed by atoms with Crippen molar-refractivity contribution in [3.05, 3.63) is 54.6 Å². The Bertz CT molecular complexity index is 962. The first-order valence-corrected chi connectivity index (χ1v) is 9.24. The van der Waals surface area contributed by atoms with Gasteiger partial charge in [-0.15, -0.1) is 22.0 Å². The molecule has 1 aliphatic rings. The normalized spacial score (nSPS) is 14.1. The molecule has 0 spiro atoms. The Morgan fingerprint density at radius 3 is 2.42 bits per heavy atom. The first-order valence-electron chi connectivity index (χ1n) is 8.26. The van der Waals surface area contributed by atoms with Crippen LogP contribution in [0.1, 0.15) is 0 Å². The number of carbonyl (C=O) groups excluding carboxylic acids is 2. The molecule has 26 heavy (non-hydrogen) atoms. The second kappa shape index (κ2) is 7.13. The van der Waals surface area contributed by atoms with E-state index in [1.807, 2.05) is 54.6 Å². The van der Waals surface area contributed by atoms with E-state index in [1.165, 1.54) is 16.7 Å². The predicted octanol–water partition coefficient (Wildman–Crippen LogP) is 2.94. The lowest BCUT2D eigenvalue weighted by molar-refractivity contribution is -0.124. The minimum Gasteiger partial charge on any atom is -0.329 e. The Morgan fingerprint density at radius 1 is 0.962 bits per heavy atom. The SMILES string of the molecule is O=C1CNC(=O)N1CCSc1nnc(-c2ccccc2)c2ccccc12. The van der Waals surface area contributed by atoms with Gasteiger partial charge in [0, 0.05) is 28.6 Å². The summed E-state index contributed by atoms with van der Waals surface area (Å²) in [6.45, 7) is 0.434. The number of nitrogens with one attached hydrogen (secondary N) is 1. The molecule has 1 aromatic heterocycles. The monoisotopic (exact) mass is 364 g/mol. The van der Waals surface area contributed by atoms with Gasteiger partial charge in [0.25, 0.3) is 0 Å². The second-order valence-corrected chi connectivity index (χ2v) is 6.90. The highest BCUT2D eigenvalue weighted by atomic mass is 32.2. The van der Waals surface area contributed by atoms with Crippen LogP contribution in [0.2, 0.25) is 0 Å². The summed E-state index contributed by atoms with van der Waals surface area (Å²) < 4.78 is 0. The summed E-state index contributed by atoms with van der Waals surface area (Å²) in [6, 6.07) is 17.6. The number of nitrogens with zero attached hydrogens (tertiary/aromatic N) is 3. The van der Waals surface area contributed by atoms with Gasteiger partial charge < -0.3 is 5.32 Å². The molecule has 0 saturated carbocycles. The van der Waals surface area contributed by atoms with Crippen molar-refractivity contribution >= 4 is 34.5 Å². The third kappa shape index (κ3) is 3.13. The Balaban J connectivity index is 1.59. The van der Waals surface area contributed by atoms with E-state index in [9.17, 15) is 9.59 Å². The summed E-state index contributed by atoms with van der Waals surface area (Å²) >= 11 is 1.50. The van der Waals surface area contributed by atoms with E-state index in [4.69, 9.17) is 0 Å². The molecule has 2 heterocycles. The van der Waals surface area contributed by atoms with Crippen molar-refractivity contribution in [2.24, 2.45) is 0 Å². The zero-order chi connectivity index (χ0) is 17.9. The molecule has 3 amide bonds. The summed E-state index contributed by atoms with van der Waals surface area (Å²) in [5.41, 5.74) is 1.87. The van der Waals surface area contributed by atoms with Gasteiger partial charge in [0.15, 0.2) is 0 Å². The number of fused-ring (bicyclic) bond motifs is 1. The number of aromatic nitrogens is 2. The number of carbonyl (C=O) groups is 2. The largest absolute Gasteiger partial charge is 0.329 e. The van der Waals surface area contributed by atoms with Crippen LogP contribution in [-0.4, -0.2) is 45.9 Å². The van der Waals surface area contributed by atoms with Crippen LogP contribution >= 0.6 is 11.8 Å². The minimum atomic E-state index is -0.328. The van der Waals surface area contributed by atoms with E-state index in [-0.39, 0.29) is 18.5 Å². The van der Waals surface area contributed by atoms with Gasteiger partial charge in [-0.25, -0.2) is 4.79 Å². The molecular formula is C19H16N4O2S. The van der Waals surface area contributed by atoms with Crippen LogP contribution in [-0.2, 0) is 4.79 Å². The van der Waals surface area contributed by atoms with E-state index in [0.29, 0.717) is 12.3 Å². The van der Waals surface area contributed by atoms with Gasteiger partial charge in [0.05, 0.1) is 6.54 Å². The second-order valence-electron chi connectivity index (χ2n) is 5.82. The molecule has 7 heteroatoms. The number of urea groups is 1. The quantitative estimate of drug-likeness (QED) is 0.556. The van der Waals surface area contributed by atoms with Crippen LogP contribution in [0.25, 0.3) is 22.0 Å². The third-order valence-electron chi connectivity index (χ3n) is 4.19. The predicted molar refractivity (Wildman–Crippen MR) is 101 cm³/mol. The van der Waals surface area contributed by atoms with Crippen molar-refractivity contribution in [2.75, 3.05) is 18.8 Å². The van der Waals surface area contributed by atoms with Crippen LogP contribution in [0.15, 0.2) is 59.6 Å². The number of thioether (sulfide) groups is 1. The van der Waals surface area contributed by atoms with Gasteiger partial charge in [0.2, 0.25) is 5.91 Å². The van der Waals surface area contributed by atoms with Gasteiger partial charge in [0.1, 0.15) is 10.7 Å². The molecule has 1 fully saturated rings. The molecule has 1 saturated heterocycles. The molecule has 1 N–H and O–H groups in total. The lowest BCUT2D eigenvalue weighted by Gasteiger charge is -2.12. The highest BCUT2D eigenvalue weighted by Gasteiger charge is 2.27. The summed E-state index contributed by atoms with van der Waals surface area (Å²) in [6.07, 6.45) is 0. The highest BCUT2D eigenvalue weighted by molar-refractivity contribution is 7.99. The topological polar surface area (TPSA) is 75.2 Å². The first kappa shape index (κ1) is 16.5. The number of benzene rings is 2. The van der Waals surface area contributed by atoms with E-state index in [2.05, 4.69) is 15.5 Å². The maximum absolute atomic E-state index is 11.6. The molecule has 6 nitrogen and oxygen atoms in total. The lowest BCUT2D eigenvalue weighted by Crippen LogP contribution is -2.32. The number of hydrogen-bond acceptors (Lipinski definition) is 5. The molecule has 130 valence electrons. The van der Waals surface area contributed by atoms with E-state index in [1.54, 1.807) is 0 Å². The molecule has 0 unspecified atom stereocenters. The Hall–Kier alpha value is -2.93. The van der Waals surface area contributed by atoms with E-state index in [0.717, 1.165) is 27.1 Å². The van der Waals surface area contributed by atoms with Gasteiger partial charge >= 0.3 is 6.03 Å². The smallest absolute Gasteiger partial charge is 0.324 e. The molecule has 4 rings (SSSR count). The molecule has 0 aliphatic carbocycles. The fourth-order valence-electron chi connectivity index (χ4n) is 2.91. The van der Waals surface area contributed by atoms with Crippen LogP contribution in [0, 0.1) is 0 Å². The third-order valence-corrected chi connectivity index (χ3v) is 5.15. The van der Waals surface area contributed by atoms with E-state index < -0.39 is 0 Å². The molecular weight excluding hydrogens is 348 g/mol. The van der Waals surface area contributed by atoms with Crippen molar-refractivity contribution in [2.45, 2.75) is 5.03 Å². The number of hydrogen-bond donors (Lipinski definition) is 1. The zero-order valence-corrected chi connectivity index (χ0v) is 14.7. The molecule has 1 aliphatic heterocycles. The Labute approximate surface area is 154 Å². The fourth-order valence-corrected chi connectivity index (χ4v) is 3.81. The van der Waals surface area contributed by atoms with Crippen LogP contribution < -0.4 is 5.32 Å². The van der Waals surface area contributed by atoms with Crippen molar-refractivity contribution in [1.82, 2.24) is 20.4 Å². The van der Waals surface area contributed by atoms with Crippen molar-refractivity contribution in [3.63, 3.8) is 0 Å². The maximum Gasteiger partial charge on any atom is 0.324 e. The van der Waals surface area contributed by atoms with Crippen LogP contribution in [0.4, 0.5) is 4.79 Å². The number of imide groups is 1. The van der Waals surface area contributed by atoms with Gasteiger partial charge in [-0.1, -0.05) is 54.6 Å². The fraction of sp³-hybridized carbons (Fsp3) is 0.158. The molecule has 0 bridgehead atoms. The van der Waals surface area contributed by atoms with Gasteiger partial charge in [-0.05, 0) is 0 Å². The number of rotatable bonds is 5. The standard InChI is InChI=1S/C19H16N4O2S/c24-16-12-20-19(25)23(16)10-11-26-18-15-9-5-4-8-14(15)17(21-22-18)13-6-2-1-3-7-13/h1-9H,10-12H2,(H,20,25). The average molecular weight is 364 g/mol. The molecule has 2 aromatic carbocycles. The molecule has 0 atom stereocenters. The molecule has 3 aromatic rings. The number of amides is 3. The lowest BCUT2D eigenvalue weighted by atomic mass is 10.1. The Kier molecular flexibility index (Phi) is 4.53. The van der Waals surface area contributed by atoms with Gasteiger partial charge in [-0.3, -0.25) is 9.69 Å². The van der Waals surface area contributed by atoms with Crippen LogP contribution in [0.5, 0.6) is 0 Å². The first-order chi connectivity index (χ1) is 12.7. The molecule has 0 radical (unpaired) electrons. The van der Waals surface area contributed by atoms with Crippen LogP contribution in [0.3, 0.4) is 0 Å². The zero-order valence-electron chi connectivity index (χ0n) is 13.9. The van der Waals surface area contributed by atoms with Crippen molar-refractivity contribution < 1.29 is 9.59 Å². The summed E-state index contributed by atoms with van der Waals surface area (Å²) in [4.78, 5) is 24.5. The summed E-state index contributed by atoms with van der Waals surface area (Å²) in [5, 5.41) is 14.2. The van der Waals surface area contributed by atoms with Gasteiger partial charge in [-0.2, -0.15) is 0 Å². The van der Waals surface area contributed by atoms with E-state index >= 15 is 0 Å².